The first-order valence-corrected chi connectivity index (χ1v) is 4.79. The molecule has 1 aromatic rings. The maximum absolute atomic E-state index is 13.3. The van der Waals surface area contributed by atoms with E-state index in [1.54, 1.807) is 19.1 Å². The second-order valence-electron chi connectivity index (χ2n) is 3.47. The van der Waals surface area contributed by atoms with Crippen molar-refractivity contribution in [3.05, 3.63) is 29.6 Å². The predicted molar refractivity (Wildman–Crippen MR) is 58.1 cm³/mol. The number of rotatable bonds is 5. The Morgan fingerprint density at radius 3 is 2.88 bits per heavy atom. The second kappa shape index (κ2) is 5.46. The highest BCUT2D eigenvalue weighted by Crippen LogP contribution is 2.16. The molecule has 0 fully saturated rings. The Bertz CT molecular complexity index is 381. The molecular formula is C11H14FNO3. The first kappa shape index (κ1) is 12.4. The maximum Gasteiger partial charge on any atom is 0.328 e. The number of ether oxygens (including phenoxy) is 1. The number of benzene rings is 1. The third-order valence-corrected chi connectivity index (χ3v) is 2.08. The number of methoxy groups -OCH3 is 1. The fourth-order valence-electron chi connectivity index (χ4n) is 1.28. The molecule has 0 bridgehead atoms. The Labute approximate surface area is 93.0 Å². The quantitative estimate of drug-likeness (QED) is 0.803. The van der Waals surface area contributed by atoms with E-state index in [9.17, 15) is 9.18 Å². The molecule has 0 aliphatic rings. The minimum atomic E-state index is -1.08. The van der Waals surface area contributed by atoms with Crippen molar-refractivity contribution in [1.29, 1.82) is 0 Å². The van der Waals surface area contributed by atoms with Gasteiger partial charge in [0.25, 0.3) is 0 Å². The fraction of sp³-hybridized carbons (Fsp3) is 0.364. The van der Waals surface area contributed by atoms with E-state index < -0.39 is 17.8 Å². The molecule has 0 aromatic heterocycles. The zero-order chi connectivity index (χ0) is 12.1. The monoisotopic (exact) mass is 227 g/mol. The SMILES string of the molecule is COCC(Nc1cc(C)ccc1F)C(=O)O. The van der Waals surface area contributed by atoms with Crippen LogP contribution in [0, 0.1) is 12.7 Å². The van der Waals surface area contributed by atoms with Crippen LogP contribution in [0.5, 0.6) is 0 Å². The molecule has 0 spiro atoms. The van der Waals surface area contributed by atoms with Crippen molar-refractivity contribution in [1.82, 2.24) is 0 Å². The first-order valence-electron chi connectivity index (χ1n) is 4.79. The van der Waals surface area contributed by atoms with E-state index >= 15 is 0 Å². The minimum Gasteiger partial charge on any atom is -0.480 e. The predicted octanol–water partition coefficient (Wildman–Crippen LogP) is 1.65. The molecule has 0 heterocycles. The molecule has 88 valence electrons. The minimum absolute atomic E-state index is 0.0251. The van der Waals surface area contributed by atoms with Crippen molar-refractivity contribution < 1.29 is 19.0 Å². The molecule has 4 nitrogen and oxygen atoms in total. The van der Waals surface area contributed by atoms with Gasteiger partial charge in [0.2, 0.25) is 0 Å². The Morgan fingerprint density at radius 1 is 1.62 bits per heavy atom. The molecule has 0 amide bonds. The van der Waals surface area contributed by atoms with Gasteiger partial charge in [-0.25, -0.2) is 9.18 Å². The van der Waals surface area contributed by atoms with Gasteiger partial charge < -0.3 is 15.2 Å². The summed E-state index contributed by atoms with van der Waals surface area (Å²) >= 11 is 0. The van der Waals surface area contributed by atoms with Gasteiger partial charge in [-0.05, 0) is 24.6 Å². The summed E-state index contributed by atoms with van der Waals surface area (Å²) in [7, 11) is 1.39. The van der Waals surface area contributed by atoms with Gasteiger partial charge in [0, 0.05) is 7.11 Å². The third kappa shape index (κ3) is 3.20. The van der Waals surface area contributed by atoms with E-state index in [1.807, 2.05) is 0 Å². The average molecular weight is 227 g/mol. The molecule has 0 aliphatic heterocycles. The fourth-order valence-corrected chi connectivity index (χ4v) is 1.28. The van der Waals surface area contributed by atoms with E-state index in [0.29, 0.717) is 0 Å². The van der Waals surface area contributed by atoms with Crippen LogP contribution >= 0.6 is 0 Å². The molecule has 1 rings (SSSR count). The number of aryl methyl sites for hydroxylation is 1. The number of nitrogens with one attached hydrogen (secondary N) is 1. The van der Waals surface area contributed by atoms with Crippen LogP contribution in [0.25, 0.3) is 0 Å². The van der Waals surface area contributed by atoms with E-state index in [4.69, 9.17) is 9.84 Å². The lowest BCUT2D eigenvalue weighted by Gasteiger charge is -2.15. The average Bonchev–Trinajstić information content (AvgIpc) is 2.22. The second-order valence-corrected chi connectivity index (χ2v) is 3.47. The zero-order valence-electron chi connectivity index (χ0n) is 9.16. The lowest BCUT2D eigenvalue weighted by Crippen LogP contribution is -2.33. The normalized spacial score (nSPS) is 12.2. The Balaban J connectivity index is 2.84. The number of anilines is 1. The first-order chi connectivity index (χ1) is 7.54. The van der Waals surface area contributed by atoms with Gasteiger partial charge in [-0.15, -0.1) is 0 Å². The summed E-state index contributed by atoms with van der Waals surface area (Å²) in [6, 6.07) is 3.51. The summed E-state index contributed by atoms with van der Waals surface area (Å²) in [5.41, 5.74) is 1.02. The molecule has 5 heteroatoms. The van der Waals surface area contributed by atoms with Crippen LogP contribution < -0.4 is 5.32 Å². The maximum atomic E-state index is 13.3. The summed E-state index contributed by atoms with van der Waals surface area (Å²) in [4.78, 5) is 10.8. The summed E-state index contributed by atoms with van der Waals surface area (Å²) in [6.07, 6.45) is 0. The smallest absolute Gasteiger partial charge is 0.328 e. The van der Waals surface area contributed by atoms with Gasteiger partial charge >= 0.3 is 5.97 Å². The van der Waals surface area contributed by atoms with Gasteiger partial charge in [0.15, 0.2) is 0 Å². The van der Waals surface area contributed by atoms with Crippen LogP contribution in [-0.2, 0) is 9.53 Å². The number of aliphatic carboxylic acids is 1. The molecule has 16 heavy (non-hydrogen) atoms. The number of halogens is 1. The van der Waals surface area contributed by atoms with Crippen molar-refractivity contribution in [3.63, 3.8) is 0 Å². The highest BCUT2D eigenvalue weighted by Gasteiger charge is 2.18. The van der Waals surface area contributed by atoms with E-state index in [-0.39, 0.29) is 12.3 Å². The molecule has 0 aliphatic carbocycles. The lowest BCUT2D eigenvalue weighted by molar-refractivity contribution is -0.139. The van der Waals surface area contributed by atoms with Gasteiger partial charge in [-0.2, -0.15) is 0 Å². The highest BCUT2D eigenvalue weighted by atomic mass is 19.1. The Morgan fingerprint density at radius 2 is 2.31 bits per heavy atom. The largest absolute Gasteiger partial charge is 0.480 e. The van der Waals surface area contributed by atoms with Crippen LogP contribution in [0.3, 0.4) is 0 Å². The molecule has 2 N–H and O–H groups in total. The van der Waals surface area contributed by atoms with Crippen LogP contribution in [0.2, 0.25) is 0 Å². The van der Waals surface area contributed by atoms with Gasteiger partial charge in [0.05, 0.1) is 12.3 Å². The summed E-state index contributed by atoms with van der Waals surface area (Å²) in [5.74, 6) is -1.56. The van der Waals surface area contributed by atoms with Crippen LogP contribution in [-0.4, -0.2) is 30.8 Å². The number of hydrogen-bond acceptors (Lipinski definition) is 3. The lowest BCUT2D eigenvalue weighted by atomic mass is 10.2. The van der Waals surface area contributed by atoms with Crippen LogP contribution in [0.1, 0.15) is 5.56 Å². The van der Waals surface area contributed by atoms with Crippen LogP contribution in [0.15, 0.2) is 18.2 Å². The van der Waals surface area contributed by atoms with Crippen LogP contribution in [0.4, 0.5) is 10.1 Å². The molecule has 1 unspecified atom stereocenters. The van der Waals surface area contributed by atoms with Crippen molar-refractivity contribution >= 4 is 11.7 Å². The van der Waals surface area contributed by atoms with E-state index in [2.05, 4.69) is 5.32 Å². The number of carboxylic acids is 1. The van der Waals surface area contributed by atoms with Gasteiger partial charge in [-0.3, -0.25) is 0 Å². The molecule has 0 radical (unpaired) electrons. The molecule has 0 saturated heterocycles. The molecular weight excluding hydrogens is 213 g/mol. The van der Waals surface area contributed by atoms with E-state index in [1.165, 1.54) is 13.2 Å². The van der Waals surface area contributed by atoms with Crippen molar-refractivity contribution in [2.75, 3.05) is 19.0 Å². The number of hydrogen-bond donors (Lipinski definition) is 2. The summed E-state index contributed by atoms with van der Waals surface area (Å²) in [5, 5.41) is 11.4. The standard InChI is InChI=1S/C11H14FNO3/c1-7-3-4-8(12)9(5-7)13-10(6-16-2)11(14)15/h3-5,10,13H,6H2,1-2H3,(H,14,15). The van der Waals surface area contributed by atoms with Gasteiger partial charge in [-0.1, -0.05) is 6.07 Å². The van der Waals surface area contributed by atoms with Crippen molar-refractivity contribution in [2.45, 2.75) is 13.0 Å². The third-order valence-electron chi connectivity index (χ3n) is 2.08. The summed E-state index contributed by atoms with van der Waals surface area (Å²) < 4.78 is 18.1. The molecule has 1 aromatic carbocycles. The zero-order valence-corrected chi connectivity index (χ0v) is 9.16. The number of carbonyl (C=O) groups is 1. The highest BCUT2D eigenvalue weighted by molar-refractivity contribution is 5.77. The van der Waals surface area contributed by atoms with Gasteiger partial charge in [0.1, 0.15) is 11.9 Å². The Kier molecular flexibility index (Phi) is 4.25. The number of carboxylic acid groups (broad SMARTS) is 1. The van der Waals surface area contributed by atoms with Crippen molar-refractivity contribution in [2.24, 2.45) is 0 Å². The topological polar surface area (TPSA) is 58.6 Å². The molecule has 1 atom stereocenters. The summed E-state index contributed by atoms with van der Waals surface area (Å²) in [6.45, 7) is 1.78. The van der Waals surface area contributed by atoms with E-state index in [0.717, 1.165) is 5.56 Å². The Hall–Kier alpha value is -1.62. The van der Waals surface area contributed by atoms with Crippen molar-refractivity contribution in [3.8, 4) is 0 Å². The molecule has 0 saturated carbocycles.